The van der Waals surface area contributed by atoms with E-state index in [2.05, 4.69) is 41.4 Å². The summed E-state index contributed by atoms with van der Waals surface area (Å²) < 4.78 is 5.68. The molecule has 3 aromatic rings. The van der Waals surface area contributed by atoms with Gasteiger partial charge in [0.2, 0.25) is 0 Å². The Labute approximate surface area is 160 Å². The number of para-hydroxylation sites is 2. The third-order valence-electron chi connectivity index (χ3n) is 5.19. The Kier molecular flexibility index (Phi) is 5.05. The van der Waals surface area contributed by atoms with Crippen LogP contribution in [0, 0.1) is 0 Å². The van der Waals surface area contributed by atoms with Crippen molar-refractivity contribution in [3.8, 4) is 5.75 Å². The molecule has 0 fully saturated rings. The first kappa shape index (κ1) is 17.9. The lowest BCUT2D eigenvalue weighted by molar-refractivity contribution is 0.390. The van der Waals surface area contributed by atoms with E-state index >= 15 is 0 Å². The van der Waals surface area contributed by atoms with Crippen molar-refractivity contribution in [2.24, 2.45) is 0 Å². The first-order valence-electron chi connectivity index (χ1n) is 9.45. The van der Waals surface area contributed by atoms with Crippen LogP contribution in [-0.4, -0.2) is 49.2 Å². The maximum absolute atomic E-state index is 5.68. The van der Waals surface area contributed by atoms with Crippen LogP contribution in [0.15, 0.2) is 42.6 Å². The van der Waals surface area contributed by atoms with Crippen molar-refractivity contribution < 1.29 is 4.74 Å². The van der Waals surface area contributed by atoms with Gasteiger partial charge in [-0.25, -0.2) is 4.98 Å². The average molecular weight is 362 g/mol. The van der Waals surface area contributed by atoms with Gasteiger partial charge in [0.15, 0.2) is 0 Å². The predicted molar refractivity (Wildman–Crippen MR) is 108 cm³/mol. The zero-order valence-corrected chi connectivity index (χ0v) is 16.2. The van der Waals surface area contributed by atoms with Crippen molar-refractivity contribution in [3.63, 3.8) is 0 Å². The van der Waals surface area contributed by atoms with E-state index in [0.717, 1.165) is 48.4 Å². The number of fused-ring (bicyclic) bond motifs is 2. The van der Waals surface area contributed by atoms with Crippen LogP contribution in [-0.2, 0) is 12.8 Å². The van der Waals surface area contributed by atoms with Gasteiger partial charge >= 0.3 is 0 Å². The number of rotatable bonds is 5. The van der Waals surface area contributed by atoms with Crippen LogP contribution in [0.3, 0.4) is 0 Å². The highest BCUT2D eigenvalue weighted by atomic mass is 16.5. The lowest BCUT2D eigenvalue weighted by atomic mass is 9.89. The SMILES string of the molecule is COc1cc2c(cc1CCN(C)C)[C@H](c1cnc3ccccc3n1)NCC2. The topological polar surface area (TPSA) is 50.3 Å². The fraction of sp³-hybridized carbons (Fsp3) is 0.364. The molecular formula is C22H26N4O. The molecule has 1 aliphatic heterocycles. The maximum atomic E-state index is 5.68. The van der Waals surface area contributed by atoms with Crippen molar-refractivity contribution in [2.45, 2.75) is 18.9 Å². The summed E-state index contributed by atoms with van der Waals surface area (Å²) in [6.07, 6.45) is 3.86. The smallest absolute Gasteiger partial charge is 0.122 e. The second kappa shape index (κ2) is 7.62. The summed E-state index contributed by atoms with van der Waals surface area (Å²) in [6, 6.07) is 12.6. The largest absolute Gasteiger partial charge is 0.496 e. The molecule has 0 saturated carbocycles. The molecule has 140 valence electrons. The van der Waals surface area contributed by atoms with Crippen LogP contribution in [0.25, 0.3) is 11.0 Å². The Hall–Kier alpha value is -2.50. The molecule has 1 N–H and O–H groups in total. The van der Waals surface area contributed by atoms with Crippen LogP contribution < -0.4 is 10.1 Å². The molecule has 5 heteroatoms. The molecule has 0 radical (unpaired) electrons. The van der Waals surface area contributed by atoms with Gasteiger partial charge in [0.05, 0.1) is 36.1 Å². The molecule has 0 saturated heterocycles. The number of aromatic nitrogens is 2. The number of methoxy groups -OCH3 is 1. The highest BCUT2D eigenvalue weighted by molar-refractivity contribution is 5.73. The third kappa shape index (κ3) is 3.66. The van der Waals surface area contributed by atoms with Crippen LogP contribution in [0.4, 0.5) is 0 Å². The van der Waals surface area contributed by atoms with Crippen molar-refractivity contribution in [1.82, 2.24) is 20.2 Å². The molecule has 2 aromatic carbocycles. The highest BCUT2D eigenvalue weighted by Crippen LogP contribution is 2.33. The molecule has 0 spiro atoms. The third-order valence-corrected chi connectivity index (χ3v) is 5.19. The Balaban J connectivity index is 1.75. The molecule has 5 nitrogen and oxygen atoms in total. The van der Waals surface area contributed by atoms with E-state index < -0.39 is 0 Å². The zero-order valence-electron chi connectivity index (χ0n) is 16.2. The van der Waals surface area contributed by atoms with Crippen LogP contribution in [0.1, 0.15) is 28.4 Å². The number of hydrogen-bond donors (Lipinski definition) is 1. The van der Waals surface area contributed by atoms with E-state index in [1.54, 1.807) is 7.11 Å². The van der Waals surface area contributed by atoms with E-state index in [1.165, 1.54) is 16.7 Å². The molecule has 0 unspecified atom stereocenters. The highest BCUT2D eigenvalue weighted by Gasteiger charge is 2.25. The molecule has 4 rings (SSSR count). The van der Waals surface area contributed by atoms with Gasteiger partial charge in [-0.1, -0.05) is 12.1 Å². The van der Waals surface area contributed by atoms with Crippen LogP contribution >= 0.6 is 0 Å². The summed E-state index contributed by atoms with van der Waals surface area (Å²) in [4.78, 5) is 11.7. The Bertz CT molecular complexity index is 954. The summed E-state index contributed by atoms with van der Waals surface area (Å²) in [6.45, 7) is 1.91. The fourth-order valence-electron chi connectivity index (χ4n) is 3.74. The lowest BCUT2D eigenvalue weighted by Crippen LogP contribution is -2.31. The maximum Gasteiger partial charge on any atom is 0.122 e. The first-order chi connectivity index (χ1) is 13.2. The molecule has 1 aliphatic rings. The summed E-state index contributed by atoms with van der Waals surface area (Å²) in [5.41, 5.74) is 6.70. The van der Waals surface area contributed by atoms with Crippen LogP contribution in [0.5, 0.6) is 5.75 Å². The minimum atomic E-state index is 0.0647. The van der Waals surface area contributed by atoms with Crippen molar-refractivity contribution in [2.75, 3.05) is 34.3 Å². The summed E-state index contributed by atoms with van der Waals surface area (Å²) in [7, 11) is 5.95. The number of benzene rings is 2. The van der Waals surface area contributed by atoms with Gasteiger partial charge in [0, 0.05) is 13.1 Å². The van der Waals surface area contributed by atoms with E-state index in [4.69, 9.17) is 9.72 Å². The number of ether oxygens (including phenoxy) is 1. The number of likely N-dealkylation sites (N-methyl/N-ethyl adjacent to an activating group) is 1. The summed E-state index contributed by atoms with van der Waals surface area (Å²) in [5.74, 6) is 0.987. The van der Waals surface area contributed by atoms with E-state index in [9.17, 15) is 0 Å². The normalized spacial score (nSPS) is 16.5. The molecule has 0 aliphatic carbocycles. The Morgan fingerprint density at radius 1 is 1.19 bits per heavy atom. The second-order valence-corrected chi connectivity index (χ2v) is 7.34. The zero-order chi connectivity index (χ0) is 18.8. The van der Waals surface area contributed by atoms with E-state index in [-0.39, 0.29) is 6.04 Å². The van der Waals surface area contributed by atoms with Crippen LogP contribution in [0.2, 0.25) is 0 Å². The van der Waals surface area contributed by atoms with E-state index in [0.29, 0.717) is 0 Å². The van der Waals surface area contributed by atoms with Crippen molar-refractivity contribution in [1.29, 1.82) is 0 Å². The monoisotopic (exact) mass is 362 g/mol. The molecule has 0 amide bonds. The van der Waals surface area contributed by atoms with Gasteiger partial charge < -0.3 is 15.0 Å². The Morgan fingerprint density at radius 3 is 2.78 bits per heavy atom. The molecule has 1 atom stereocenters. The fourth-order valence-corrected chi connectivity index (χ4v) is 3.74. The van der Waals surface area contributed by atoms with Crippen molar-refractivity contribution in [3.05, 3.63) is 65.0 Å². The molecular weight excluding hydrogens is 336 g/mol. The lowest BCUT2D eigenvalue weighted by Gasteiger charge is -2.28. The number of hydrogen-bond acceptors (Lipinski definition) is 5. The molecule has 0 bridgehead atoms. The minimum Gasteiger partial charge on any atom is -0.496 e. The van der Waals surface area contributed by atoms with Gasteiger partial charge in [-0.3, -0.25) is 4.98 Å². The molecule has 1 aromatic heterocycles. The first-order valence-corrected chi connectivity index (χ1v) is 9.45. The molecule has 27 heavy (non-hydrogen) atoms. The number of nitrogens with zero attached hydrogens (tertiary/aromatic N) is 3. The number of nitrogens with one attached hydrogen (secondary N) is 1. The minimum absolute atomic E-state index is 0.0647. The van der Waals surface area contributed by atoms with Gasteiger partial charge in [0.1, 0.15) is 5.75 Å². The average Bonchev–Trinajstić information content (AvgIpc) is 2.70. The Morgan fingerprint density at radius 2 is 2.00 bits per heavy atom. The summed E-state index contributed by atoms with van der Waals surface area (Å²) >= 11 is 0. The standard InChI is InChI=1S/C22H26N4O/c1-26(2)11-9-16-12-17-15(13-21(16)27-3)8-10-23-22(17)20-14-24-18-6-4-5-7-19(18)25-20/h4-7,12-14,22-23H,8-11H2,1-3H3/t22-/m1/s1. The van der Waals surface area contributed by atoms with Gasteiger partial charge in [-0.2, -0.15) is 0 Å². The molecule has 2 heterocycles. The van der Waals surface area contributed by atoms with Gasteiger partial charge in [-0.15, -0.1) is 0 Å². The quantitative estimate of drug-likeness (QED) is 0.756. The van der Waals surface area contributed by atoms with Gasteiger partial charge in [0.25, 0.3) is 0 Å². The predicted octanol–water partition coefficient (Wildman–Crippen LogP) is 2.98. The second-order valence-electron chi connectivity index (χ2n) is 7.34. The van der Waals surface area contributed by atoms with E-state index in [1.807, 2.05) is 30.5 Å². The van der Waals surface area contributed by atoms with Crippen molar-refractivity contribution >= 4 is 11.0 Å². The summed E-state index contributed by atoms with van der Waals surface area (Å²) in [5, 5.41) is 3.63. The van der Waals surface area contributed by atoms with Gasteiger partial charge in [-0.05, 0) is 67.9 Å².